The van der Waals surface area contributed by atoms with Crippen molar-refractivity contribution in [3.05, 3.63) is 28.8 Å². The normalized spacial score (nSPS) is 14.4. The van der Waals surface area contributed by atoms with Crippen LogP contribution in [0, 0.1) is 6.92 Å². The second-order valence-corrected chi connectivity index (χ2v) is 6.43. The molecule has 1 aliphatic rings. The quantitative estimate of drug-likeness (QED) is 0.854. The van der Waals surface area contributed by atoms with Crippen molar-refractivity contribution in [3.63, 3.8) is 0 Å². The first-order valence-corrected chi connectivity index (χ1v) is 7.98. The largest absolute Gasteiger partial charge is 0.481 e. The highest BCUT2D eigenvalue weighted by atomic mass is 35.5. The van der Waals surface area contributed by atoms with Gasteiger partial charge in [-0.2, -0.15) is 0 Å². The van der Waals surface area contributed by atoms with Gasteiger partial charge in [-0.05, 0) is 37.5 Å². The predicted octanol–water partition coefficient (Wildman–Crippen LogP) is 3.42. The van der Waals surface area contributed by atoms with Crippen molar-refractivity contribution in [1.29, 1.82) is 0 Å². The summed E-state index contributed by atoms with van der Waals surface area (Å²) in [5.41, 5.74) is 2.02. The van der Waals surface area contributed by atoms with Crippen LogP contribution < -0.4 is 0 Å². The van der Waals surface area contributed by atoms with Crippen LogP contribution in [0.1, 0.15) is 24.4 Å². The number of aliphatic carboxylic acids is 1. The highest BCUT2D eigenvalue weighted by Gasteiger charge is 2.30. The lowest BCUT2D eigenvalue weighted by Gasteiger charge is -2.10. The van der Waals surface area contributed by atoms with Crippen LogP contribution in [-0.2, 0) is 4.79 Å². The van der Waals surface area contributed by atoms with E-state index in [0.717, 1.165) is 29.8 Å². The summed E-state index contributed by atoms with van der Waals surface area (Å²) in [6, 6.07) is 6.04. The van der Waals surface area contributed by atoms with Crippen molar-refractivity contribution in [1.82, 2.24) is 14.8 Å². The molecule has 21 heavy (non-hydrogen) atoms. The number of nitrogens with zero attached hydrogens (tertiary/aromatic N) is 3. The number of hydrogen-bond acceptors (Lipinski definition) is 4. The summed E-state index contributed by atoms with van der Waals surface area (Å²) in [7, 11) is 0. The molecule has 0 amide bonds. The monoisotopic (exact) mass is 323 g/mol. The van der Waals surface area contributed by atoms with Gasteiger partial charge in [0, 0.05) is 16.6 Å². The Morgan fingerprint density at radius 1 is 1.48 bits per heavy atom. The van der Waals surface area contributed by atoms with Gasteiger partial charge in [-0.25, -0.2) is 0 Å². The second kappa shape index (κ2) is 5.69. The van der Waals surface area contributed by atoms with Crippen molar-refractivity contribution in [2.24, 2.45) is 0 Å². The molecule has 1 aromatic heterocycles. The van der Waals surface area contributed by atoms with Gasteiger partial charge < -0.3 is 5.11 Å². The van der Waals surface area contributed by atoms with Gasteiger partial charge in [-0.1, -0.05) is 29.4 Å². The number of carboxylic acid groups (broad SMARTS) is 1. The maximum absolute atomic E-state index is 10.7. The molecular weight excluding hydrogens is 310 g/mol. The van der Waals surface area contributed by atoms with Crippen molar-refractivity contribution in [2.45, 2.75) is 31.0 Å². The zero-order valence-electron chi connectivity index (χ0n) is 11.4. The van der Waals surface area contributed by atoms with Crippen LogP contribution in [0.4, 0.5) is 0 Å². The molecule has 1 saturated carbocycles. The van der Waals surface area contributed by atoms with Crippen molar-refractivity contribution >= 4 is 29.3 Å². The standard InChI is InChI=1S/C14H14ClN3O2S/c1-8-2-3-9(15)6-11(8)13-16-17-14(21-7-12(19)20)18(13)10-4-5-10/h2-3,6,10H,4-5,7H2,1H3,(H,19,20). The van der Waals surface area contributed by atoms with Gasteiger partial charge in [0.2, 0.25) is 0 Å². The first kappa shape index (κ1) is 14.4. The molecule has 0 aliphatic heterocycles. The predicted molar refractivity (Wildman–Crippen MR) is 81.8 cm³/mol. The molecule has 5 nitrogen and oxygen atoms in total. The Hall–Kier alpha value is -1.53. The van der Waals surface area contributed by atoms with Crippen LogP contribution in [0.5, 0.6) is 0 Å². The molecular formula is C14H14ClN3O2S. The van der Waals surface area contributed by atoms with E-state index in [2.05, 4.69) is 10.2 Å². The topological polar surface area (TPSA) is 68.0 Å². The van der Waals surface area contributed by atoms with Gasteiger partial charge >= 0.3 is 5.97 Å². The summed E-state index contributed by atoms with van der Waals surface area (Å²) in [5, 5.41) is 18.6. The summed E-state index contributed by atoms with van der Waals surface area (Å²) < 4.78 is 2.05. The maximum Gasteiger partial charge on any atom is 0.313 e. The van der Waals surface area contributed by atoms with Crippen molar-refractivity contribution in [3.8, 4) is 11.4 Å². The fraction of sp³-hybridized carbons (Fsp3) is 0.357. The van der Waals surface area contributed by atoms with E-state index in [-0.39, 0.29) is 5.75 Å². The molecule has 1 fully saturated rings. The van der Waals surface area contributed by atoms with Gasteiger partial charge in [0.25, 0.3) is 0 Å². The minimum atomic E-state index is -0.856. The number of thioether (sulfide) groups is 1. The first-order valence-electron chi connectivity index (χ1n) is 6.62. The third-order valence-electron chi connectivity index (χ3n) is 3.34. The number of rotatable bonds is 5. The first-order chi connectivity index (χ1) is 10.1. The summed E-state index contributed by atoms with van der Waals surface area (Å²) in [5.74, 6) is -0.101. The van der Waals surface area contributed by atoms with Crippen molar-refractivity contribution in [2.75, 3.05) is 5.75 Å². The SMILES string of the molecule is Cc1ccc(Cl)cc1-c1nnc(SCC(=O)O)n1C1CC1. The number of aryl methyl sites for hydroxylation is 1. The summed E-state index contributed by atoms with van der Waals surface area (Å²) >= 11 is 7.29. The lowest BCUT2D eigenvalue weighted by molar-refractivity contribution is -0.133. The number of carbonyl (C=O) groups is 1. The van der Waals surface area contributed by atoms with Gasteiger partial charge in [0.15, 0.2) is 11.0 Å². The molecule has 0 bridgehead atoms. The minimum absolute atomic E-state index is 0.0145. The fourth-order valence-electron chi connectivity index (χ4n) is 2.18. The molecule has 0 radical (unpaired) electrons. The number of aromatic nitrogens is 3. The van der Waals surface area contributed by atoms with Crippen molar-refractivity contribution < 1.29 is 9.90 Å². The van der Waals surface area contributed by atoms with Crippen LogP contribution in [0.2, 0.25) is 5.02 Å². The second-order valence-electron chi connectivity index (χ2n) is 5.05. The molecule has 0 atom stereocenters. The number of carboxylic acids is 1. The summed E-state index contributed by atoms with van der Waals surface area (Å²) in [4.78, 5) is 10.7. The van der Waals surface area contributed by atoms with Crippen LogP contribution in [0.3, 0.4) is 0 Å². The van der Waals surface area contributed by atoms with E-state index < -0.39 is 5.97 Å². The average Bonchev–Trinajstić information content (AvgIpc) is 3.19. The third-order valence-corrected chi connectivity index (χ3v) is 4.50. The van der Waals surface area contributed by atoms with Gasteiger partial charge in [-0.15, -0.1) is 10.2 Å². The van der Waals surface area contributed by atoms with Gasteiger partial charge in [0.05, 0.1) is 5.75 Å². The highest BCUT2D eigenvalue weighted by molar-refractivity contribution is 7.99. The molecule has 1 aromatic carbocycles. The molecule has 7 heteroatoms. The lowest BCUT2D eigenvalue weighted by atomic mass is 10.1. The Balaban J connectivity index is 2.02. The lowest BCUT2D eigenvalue weighted by Crippen LogP contribution is -2.03. The molecule has 0 spiro atoms. The molecule has 0 unspecified atom stereocenters. The zero-order chi connectivity index (χ0) is 15.0. The summed E-state index contributed by atoms with van der Waals surface area (Å²) in [6.07, 6.45) is 2.15. The molecule has 3 rings (SSSR count). The van der Waals surface area contributed by atoms with E-state index in [1.165, 1.54) is 11.8 Å². The number of halogens is 1. The van der Waals surface area contributed by atoms with Crippen LogP contribution in [0.15, 0.2) is 23.4 Å². The molecule has 2 aromatic rings. The average molecular weight is 324 g/mol. The fourth-order valence-corrected chi connectivity index (χ4v) is 3.08. The Morgan fingerprint density at radius 3 is 2.90 bits per heavy atom. The Labute approximate surface area is 131 Å². The Morgan fingerprint density at radius 2 is 2.24 bits per heavy atom. The maximum atomic E-state index is 10.7. The summed E-state index contributed by atoms with van der Waals surface area (Å²) in [6.45, 7) is 2.00. The smallest absolute Gasteiger partial charge is 0.313 e. The van der Waals surface area contributed by atoms with Crippen LogP contribution in [0.25, 0.3) is 11.4 Å². The van der Waals surface area contributed by atoms with E-state index in [0.29, 0.717) is 16.2 Å². The van der Waals surface area contributed by atoms with Gasteiger partial charge in [0.1, 0.15) is 0 Å². The molecule has 1 aliphatic carbocycles. The molecule has 110 valence electrons. The molecule has 1 heterocycles. The number of benzene rings is 1. The highest BCUT2D eigenvalue weighted by Crippen LogP contribution is 2.41. The molecule has 0 saturated heterocycles. The molecule has 1 N–H and O–H groups in total. The zero-order valence-corrected chi connectivity index (χ0v) is 13.0. The van der Waals surface area contributed by atoms with E-state index in [1.54, 1.807) is 0 Å². The van der Waals surface area contributed by atoms with Crippen LogP contribution in [-0.4, -0.2) is 31.6 Å². The van der Waals surface area contributed by atoms with Crippen LogP contribution >= 0.6 is 23.4 Å². The van der Waals surface area contributed by atoms with E-state index in [1.807, 2.05) is 29.7 Å². The van der Waals surface area contributed by atoms with E-state index in [9.17, 15) is 4.79 Å². The third kappa shape index (κ3) is 3.06. The Kier molecular flexibility index (Phi) is 3.91. The van der Waals surface area contributed by atoms with E-state index in [4.69, 9.17) is 16.7 Å². The minimum Gasteiger partial charge on any atom is -0.481 e. The van der Waals surface area contributed by atoms with Gasteiger partial charge in [-0.3, -0.25) is 9.36 Å². The van der Waals surface area contributed by atoms with E-state index >= 15 is 0 Å². The Bertz CT molecular complexity index is 698. The number of hydrogen-bond donors (Lipinski definition) is 1.